The summed E-state index contributed by atoms with van der Waals surface area (Å²) < 4.78 is 5.30. The van der Waals surface area contributed by atoms with Crippen LogP contribution in [-0.2, 0) is 9.53 Å². The van der Waals surface area contributed by atoms with E-state index in [1.807, 2.05) is 0 Å². The van der Waals surface area contributed by atoms with Crippen molar-refractivity contribution in [3.05, 3.63) is 22.2 Å². The highest BCUT2D eigenvalue weighted by atomic mass is 35.5. The number of rotatable bonds is 0. The molecule has 2 aliphatic heterocycles. The van der Waals surface area contributed by atoms with Crippen LogP contribution in [0.4, 0.5) is 11.4 Å². The van der Waals surface area contributed by atoms with Gasteiger partial charge in [-0.1, -0.05) is 23.2 Å². The van der Waals surface area contributed by atoms with Gasteiger partial charge >= 0.3 is 0 Å². The molecule has 1 saturated heterocycles. The van der Waals surface area contributed by atoms with Crippen LogP contribution in [0.2, 0.25) is 10.0 Å². The van der Waals surface area contributed by atoms with Gasteiger partial charge in [0.15, 0.2) is 0 Å². The van der Waals surface area contributed by atoms with E-state index in [0.717, 1.165) is 5.69 Å². The van der Waals surface area contributed by atoms with Crippen molar-refractivity contribution >= 4 is 40.5 Å². The van der Waals surface area contributed by atoms with Crippen LogP contribution in [0.1, 0.15) is 0 Å². The minimum Gasteiger partial charge on any atom is -0.378 e. The lowest BCUT2D eigenvalue weighted by molar-refractivity contribution is -0.119. The van der Waals surface area contributed by atoms with Crippen molar-refractivity contribution in [2.24, 2.45) is 5.92 Å². The van der Waals surface area contributed by atoms with E-state index < -0.39 is 0 Å². The summed E-state index contributed by atoms with van der Waals surface area (Å²) in [5.74, 6) is -0.211. The van der Waals surface area contributed by atoms with Gasteiger partial charge in [-0.2, -0.15) is 0 Å². The molecule has 0 aliphatic carbocycles. The molecule has 2 atom stereocenters. The number of carbonyl (C=O) groups is 1. The Balaban J connectivity index is 2.04. The third-order valence-electron chi connectivity index (χ3n) is 3.08. The molecule has 0 bridgehead atoms. The number of amides is 1. The number of ether oxygens (including phenoxy) is 1. The molecule has 90 valence electrons. The van der Waals surface area contributed by atoms with Crippen LogP contribution in [-0.4, -0.2) is 25.2 Å². The summed E-state index contributed by atoms with van der Waals surface area (Å²) in [6.07, 6.45) is 0. The van der Waals surface area contributed by atoms with E-state index >= 15 is 0 Å². The minimum absolute atomic E-state index is 0.00603. The smallest absolute Gasteiger partial charge is 0.232 e. The van der Waals surface area contributed by atoms with Gasteiger partial charge in [0.05, 0.1) is 46.6 Å². The lowest BCUT2D eigenvalue weighted by Gasteiger charge is -2.14. The van der Waals surface area contributed by atoms with Crippen LogP contribution in [0.5, 0.6) is 0 Å². The minimum atomic E-state index is -0.167. The molecule has 2 aliphatic rings. The van der Waals surface area contributed by atoms with Gasteiger partial charge in [-0.15, -0.1) is 0 Å². The first-order valence-corrected chi connectivity index (χ1v) is 6.05. The molecule has 0 radical (unpaired) electrons. The monoisotopic (exact) mass is 272 g/mol. The average molecular weight is 273 g/mol. The van der Waals surface area contributed by atoms with E-state index in [4.69, 9.17) is 27.9 Å². The van der Waals surface area contributed by atoms with Gasteiger partial charge < -0.3 is 15.4 Å². The Morgan fingerprint density at radius 1 is 1.18 bits per heavy atom. The molecule has 2 heterocycles. The summed E-state index contributed by atoms with van der Waals surface area (Å²) in [5, 5.41) is 6.99. The molecule has 0 aromatic heterocycles. The first-order valence-electron chi connectivity index (χ1n) is 5.29. The summed E-state index contributed by atoms with van der Waals surface area (Å²) in [6, 6.07) is 3.38. The van der Waals surface area contributed by atoms with Crippen LogP contribution < -0.4 is 10.6 Å². The molecular weight excluding hydrogens is 263 g/mol. The predicted octanol–water partition coefficient (Wildman–Crippen LogP) is 2.37. The fraction of sp³-hybridized carbons (Fsp3) is 0.364. The van der Waals surface area contributed by atoms with Gasteiger partial charge in [-0.3, -0.25) is 4.79 Å². The largest absolute Gasteiger partial charge is 0.378 e. The van der Waals surface area contributed by atoms with Crippen molar-refractivity contribution in [3.63, 3.8) is 0 Å². The molecular formula is C11H10Cl2N2O2. The molecule has 2 unspecified atom stereocenters. The second-order valence-corrected chi connectivity index (χ2v) is 5.01. The standard InChI is InChI=1S/C11H10Cl2N2O2/c12-6-1-8-9(2-7(6)13)15-11(16)5-3-17-4-10(5)14-8/h1-2,5,10,14H,3-4H2,(H,15,16). The Kier molecular flexibility index (Phi) is 2.65. The number of halogens is 2. The van der Waals surface area contributed by atoms with Crippen LogP contribution in [0.15, 0.2) is 12.1 Å². The Hall–Kier alpha value is -0.970. The Morgan fingerprint density at radius 2 is 1.88 bits per heavy atom. The van der Waals surface area contributed by atoms with E-state index in [0.29, 0.717) is 28.9 Å². The molecule has 1 aromatic rings. The van der Waals surface area contributed by atoms with Gasteiger partial charge in [0.25, 0.3) is 0 Å². The van der Waals surface area contributed by atoms with E-state index in [1.165, 1.54) is 0 Å². The van der Waals surface area contributed by atoms with Crippen LogP contribution in [0.25, 0.3) is 0 Å². The predicted molar refractivity (Wildman–Crippen MR) is 66.8 cm³/mol. The van der Waals surface area contributed by atoms with Crippen molar-refractivity contribution in [1.82, 2.24) is 0 Å². The van der Waals surface area contributed by atoms with E-state index in [2.05, 4.69) is 10.6 Å². The third kappa shape index (κ3) is 1.86. The Bertz CT molecular complexity index is 493. The Morgan fingerprint density at radius 3 is 2.65 bits per heavy atom. The van der Waals surface area contributed by atoms with Crippen molar-refractivity contribution < 1.29 is 9.53 Å². The molecule has 0 saturated carbocycles. The highest BCUT2D eigenvalue weighted by molar-refractivity contribution is 6.42. The van der Waals surface area contributed by atoms with Gasteiger partial charge in [-0.25, -0.2) is 0 Å². The van der Waals surface area contributed by atoms with Crippen LogP contribution >= 0.6 is 23.2 Å². The zero-order chi connectivity index (χ0) is 12.0. The molecule has 1 fully saturated rings. The van der Waals surface area contributed by atoms with Crippen LogP contribution in [0, 0.1) is 5.92 Å². The fourth-order valence-electron chi connectivity index (χ4n) is 2.15. The average Bonchev–Trinajstić information content (AvgIpc) is 2.69. The maximum Gasteiger partial charge on any atom is 0.232 e. The van der Waals surface area contributed by atoms with Gasteiger partial charge in [0.1, 0.15) is 0 Å². The van der Waals surface area contributed by atoms with Crippen molar-refractivity contribution in [1.29, 1.82) is 0 Å². The molecule has 3 rings (SSSR count). The first-order chi connectivity index (χ1) is 8.15. The van der Waals surface area contributed by atoms with Gasteiger partial charge in [0, 0.05) is 0 Å². The lowest BCUT2D eigenvalue weighted by atomic mass is 10.0. The highest BCUT2D eigenvalue weighted by Gasteiger charge is 2.37. The molecule has 4 nitrogen and oxygen atoms in total. The zero-order valence-electron chi connectivity index (χ0n) is 8.80. The lowest BCUT2D eigenvalue weighted by Crippen LogP contribution is -2.33. The van der Waals surface area contributed by atoms with Gasteiger partial charge in [-0.05, 0) is 12.1 Å². The summed E-state index contributed by atoms with van der Waals surface area (Å²) >= 11 is 11.9. The van der Waals surface area contributed by atoms with E-state index in [1.54, 1.807) is 12.1 Å². The van der Waals surface area contributed by atoms with Crippen molar-refractivity contribution in [2.75, 3.05) is 23.8 Å². The molecule has 6 heteroatoms. The number of anilines is 2. The normalized spacial score (nSPS) is 26.6. The first kappa shape index (κ1) is 11.1. The second kappa shape index (κ2) is 4.05. The number of nitrogens with one attached hydrogen (secondary N) is 2. The van der Waals surface area contributed by atoms with Gasteiger partial charge in [0.2, 0.25) is 5.91 Å². The molecule has 1 aromatic carbocycles. The summed E-state index contributed by atoms with van der Waals surface area (Å²) in [4.78, 5) is 11.9. The number of fused-ring (bicyclic) bond motifs is 2. The maximum atomic E-state index is 11.9. The zero-order valence-corrected chi connectivity index (χ0v) is 10.3. The fourth-order valence-corrected chi connectivity index (χ4v) is 2.48. The number of hydrogen-bond acceptors (Lipinski definition) is 3. The van der Waals surface area contributed by atoms with E-state index in [-0.39, 0.29) is 17.9 Å². The third-order valence-corrected chi connectivity index (χ3v) is 3.80. The maximum absolute atomic E-state index is 11.9. The summed E-state index contributed by atoms with van der Waals surface area (Å²) in [6.45, 7) is 0.969. The molecule has 1 amide bonds. The molecule has 17 heavy (non-hydrogen) atoms. The Labute approximate surface area is 108 Å². The highest BCUT2D eigenvalue weighted by Crippen LogP contribution is 2.36. The molecule has 0 spiro atoms. The number of benzene rings is 1. The van der Waals surface area contributed by atoms with Crippen LogP contribution in [0.3, 0.4) is 0 Å². The van der Waals surface area contributed by atoms with Crippen molar-refractivity contribution in [3.8, 4) is 0 Å². The number of carbonyl (C=O) groups excluding carboxylic acids is 1. The summed E-state index contributed by atoms with van der Waals surface area (Å²) in [5.41, 5.74) is 1.45. The molecule has 2 N–H and O–H groups in total. The van der Waals surface area contributed by atoms with E-state index in [9.17, 15) is 4.79 Å². The SMILES string of the molecule is O=C1Nc2cc(Cl)c(Cl)cc2NC2COCC12. The quantitative estimate of drug-likeness (QED) is 0.763. The number of hydrogen-bond donors (Lipinski definition) is 2. The summed E-state index contributed by atoms with van der Waals surface area (Å²) in [7, 11) is 0. The van der Waals surface area contributed by atoms with Crippen molar-refractivity contribution in [2.45, 2.75) is 6.04 Å². The second-order valence-electron chi connectivity index (χ2n) is 4.20. The topological polar surface area (TPSA) is 50.4 Å².